The highest BCUT2D eigenvalue weighted by Gasteiger charge is 2.09. The molecule has 0 rings (SSSR count). The molecule has 1 atom stereocenters. The Balaban J connectivity index is 4.11. The first-order valence-corrected chi connectivity index (χ1v) is 4.86. The molecule has 0 bridgehead atoms. The minimum absolute atomic E-state index is 0.0167. The minimum Gasteiger partial charge on any atom is -0.459 e. The molecule has 0 aliphatic carbocycles. The summed E-state index contributed by atoms with van der Waals surface area (Å²) in [4.78, 5) is 11.4. The Hall–Kier alpha value is -0.790. The number of carbonyl (C=O) groups excluding carboxylic acids is 1. The van der Waals surface area contributed by atoms with Crippen LogP contribution in [0.2, 0.25) is 0 Å². The van der Waals surface area contributed by atoms with Crippen molar-refractivity contribution in [2.45, 2.75) is 47.1 Å². The Morgan fingerprint density at radius 1 is 1.38 bits per heavy atom. The summed E-state index contributed by atoms with van der Waals surface area (Å²) in [6, 6.07) is 0. The fourth-order valence-corrected chi connectivity index (χ4v) is 0.927. The van der Waals surface area contributed by atoms with E-state index in [0.717, 1.165) is 6.42 Å². The lowest BCUT2D eigenvalue weighted by molar-refractivity contribution is -0.143. The average Bonchev–Trinajstić information content (AvgIpc) is 2.02. The maximum absolute atomic E-state index is 11.4. The average molecular weight is 184 g/mol. The van der Waals surface area contributed by atoms with Gasteiger partial charge in [-0.15, -0.1) is 0 Å². The van der Waals surface area contributed by atoms with Crippen LogP contribution in [0.5, 0.6) is 0 Å². The van der Waals surface area contributed by atoms with Crippen LogP contribution < -0.4 is 0 Å². The van der Waals surface area contributed by atoms with E-state index in [2.05, 4.69) is 0 Å². The zero-order valence-electron chi connectivity index (χ0n) is 9.26. The fraction of sp³-hybridized carbons (Fsp3) is 0.727. The molecule has 0 aromatic rings. The molecule has 1 unspecified atom stereocenters. The van der Waals surface area contributed by atoms with Crippen molar-refractivity contribution in [3.8, 4) is 0 Å². The molecule has 0 radical (unpaired) electrons. The van der Waals surface area contributed by atoms with Crippen molar-refractivity contribution < 1.29 is 9.53 Å². The fourth-order valence-electron chi connectivity index (χ4n) is 0.927. The topological polar surface area (TPSA) is 26.3 Å². The molecular weight excluding hydrogens is 164 g/mol. The van der Waals surface area contributed by atoms with E-state index >= 15 is 0 Å². The lowest BCUT2D eigenvalue weighted by Gasteiger charge is -2.11. The number of hydrogen-bond donors (Lipinski definition) is 0. The lowest BCUT2D eigenvalue weighted by Crippen LogP contribution is -2.14. The van der Waals surface area contributed by atoms with Crippen LogP contribution >= 0.6 is 0 Å². The van der Waals surface area contributed by atoms with Gasteiger partial charge in [-0.2, -0.15) is 0 Å². The molecule has 13 heavy (non-hydrogen) atoms. The number of allylic oxidation sites excluding steroid dienone is 1. The van der Waals surface area contributed by atoms with Crippen molar-refractivity contribution >= 4 is 5.97 Å². The van der Waals surface area contributed by atoms with Crippen LogP contribution in [-0.4, -0.2) is 12.1 Å². The van der Waals surface area contributed by atoms with E-state index in [4.69, 9.17) is 4.74 Å². The van der Waals surface area contributed by atoms with E-state index < -0.39 is 0 Å². The van der Waals surface area contributed by atoms with Crippen molar-refractivity contribution in [1.29, 1.82) is 0 Å². The van der Waals surface area contributed by atoms with E-state index in [1.807, 2.05) is 33.8 Å². The highest BCUT2D eigenvalue weighted by atomic mass is 16.5. The van der Waals surface area contributed by atoms with Gasteiger partial charge >= 0.3 is 5.97 Å². The van der Waals surface area contributed by atoms with Crippen molar-refractivity contribution in [1.82, 2.24) is 0 Å². The van der Waals surface area contributed by atoms with Crippen LogP contribution in [0.3, 0.4) is 0 Å². The van der Waals surface area contributed by atoms with E-state index in [0.29, 0.717) is 11.5 Å². The van der Waals surface area contributed by atoms with E-state index in [1.54, 1.807) is 6.92 Å². The summed E-state index contributed by atoms with van der Waals surface area (Å²) in [6.07, 6.45) is 2.80. The van der Waals surface area contributed by atoms with Gasteiger partial charge in [0, 0.05) is 5.57 Å². The van der Waals surface area contributed by atoms with Crippen molar-refractivity contribution in [2.75, 3.05) is 0 Å². The summed E-state index contributed by atoms with van der Waals surface area (Å²) in [5.74, 6) is 0.201. The molecule has 2 heteroatoms. The van der Waals surface area contributed by atoms with Crippen LogP contribution in [0.25, 0.3) is 0 Å². The molecule has 0 spiro atoms. The highest BCUT2D eigenvalue weighted by molar-refractivity contribution is 5.87. The van der Waals surface area contributed by atoms with Crippen molar-refractivity contribution in [2.24, 2.45) is 5.92 Å². The van der Waals surface area contributed by atoms with Gasteiger partial charge in [0.25, 0.3) is 0 Å². The first-order chi connectivity index (χ1) is 5.97. The number of carbonyl (C=O) groups is 1. The zero-order valence-corrected chi connectivity index (χ0v) is 9.26. The van der Waals surface area contributed by atoms with Gasteiger partial charge in [-0.3, -0.25) is 0 Å². The third kappa shape index (κ3) is 5.45. The molecule has 2 nitrogen and oxygen atoms in total. The number of rotatable bonds is 4. The van der Waals surface area contributed by atoms with E-state index in [9.17, 15) is 4.79 Å². The molecule has 0 saturated carbocycles. The van der Waals surface area contributed by atoms with Gasteiger partial charge in [0.15, 0.2) is 0 Å². The summed E-state index contributed by atoms with van der Waals surface area (Å²) < 4.78 is 5.15. The van der Waals surface area contributed by atoms with Gasteiger partial charge in [0.2, 0.25) is 0 Å². The Labute approximate surface area is 81.0 Å². The molecule has 0 heterocycles. The molecule has 0 N–H and O–H groups in total. The standard InChI is InChI=1S/C11H20O2/c1-6-10(5)13-11(12)9(4)7-8(2)3/h7-8,10H,6H2,1-5H3/b9-7+. The third-order valence-corrected chi connectivity index (χ3v) is 1.79. The van der Waals surface area contributed by atoms with E-state index in [-0.39, 0.29) is 12.1 Å². The number of ether oxygens (including phenoxy) is 1. The quantitative estimate of drug-likeness (QED) is 0.496. The minimum atomic E-state index is -0.192. The van der Waals surface area contributed by atoms with Crippen molar-refractivity contribution in [3.63, 3.8) is 0 Å². The maximum atomic E-state index is 11.4. The van der Waals surface area contributed by atoms with Crippen LogP contribution in [0.1, 0.15) is 41.0 Å². The number of hydrogen-bond acceptors (Lipinski definition) is 2. The third-order valence-electron chi connectivity index (χ3n) is 1.79. The second-order valence-electron chi connectivity index (χ2n) is 3.72. The van der Waals surface area contributed by atoms with Crippen LogP contribution in [-0.2, 0) is 9.53 Å². The van der Waals surface area contributed by atoms with Crippen LogP contribution in [0.4, 0.5) is 0 Å². The second-order valence-corrected chi connectivity index (χ2v) is 3.72. The van der Waals surface area contributed by atoms with Gasteiger partial charge in [-0.05, 0) is 26.2 Å². The van der Waals surface area contributed by atoms with Gasteiger partial charge in [0.1, 0.15) is 0 Å². The van der Waals surface area contributed by atoms with Gasteiger partial charge in [0.05, 0.1) is 6.10 Å². The summed E-state index contributed by atoms with van der Waals surface area (Å²) in [5.41, 5.74) is 0.704. The van der Waals surface area contributed by atoms with Crippen LogP contribution in [0.15, 0.2) is 11.6 Å². The Morgan fingerprint density at radius 2 is 1.92 bits per heavy atom. The Morgan fingerprint density at radius 3 is 2.31 bits per heavy atom. The zero-order chi connectivity index (χ0) is 10.4. The molecule has 0 fully saturated rings. The molecule has 0 aromatic carbocycles. The monoisotopic (exact) mass is 184 g/mol. The maximum Gasteiger partial charge on any atom is 0.333 e. The largest absolute Gasteiger partial charge is 0.459 e. The Kier molecular flexibility index (Phi) is 5.44. The first kappa shape index (κ1) is 12.2. The molecule has 0 amide bonds. The molecule has 76 valence electrons. The van der Waals surface area contributed by atoms with Gasteiger partial charge < -0.3 is 4.74 Å². The molecule has 0 aliphatic heterocycles. The summed E-state index contributed by atoms with van der Waals surface area (Å²) >= 11 is 0. The Bertz CT molecular complexity index is 192. The molecule has 0 aliphatic rings. The smallest absolute Gasteiger partial charge is 0.333 e. The molecular formula is C11H20O2. The second kappa shape index (κ2) is 5.79. The highest BCUT2D eigenvalue weighted by Crippen LogP contribution is 2.06. The summed E-state index contributed by atoms with van der Waals surface area (Å²) in [6.45, 7) is 9.78. The van der Waals surface area contributed by atoms with Gasteiger partial charge in [-0.1, -0.05) is 26.8 Å². The SMILES string of the molecule is CCC(C)OC(=O)/C(C)=C/C(C)C. The number of esters is 1. The predicted octanol–water partition coefficient (Wildman–Crippen LogP) is 2.93. The van der Waals surface area contributed by atoms with Crippen molar-refractivity contribution in [3.05, 3.63) is 11.6 Å². The molecule has 0 saturated heterocycles. The normalized spacial score (nSPS) is 14.5. The summed E-state index contributed by atoms with van der Waals surface area (Å²) in [5, 5.41) is 0. The molecule has 0 aromatic heterocycles. The van der Waals surface area contributed by atoms with E-state index in [1.165, 1.54) is 0 Å². The lowest BCUT2D eigenvalue weighted by atomic mass is 10.1. The first-order valence-electron chi connectivity index (χ1n) is 4.86. The summed E-state index contributed by atoms with van der Waals surface area (Å²) in [7, 11) is 0. The predicted molar refractivity (Wildman–Crippen MR) is 54.4 cm³/mol. The van der Waals surface area contributed by atoms with Gasteiger partial charge in [-0.25, -0.2) is 4.79 Å². The van der Waals surface area contributed by atoms with Crippen LogP contribution in [0, 0.1) is 5.92 Å².